The SMILES string of the molecule is Cc1nc(C(=O)N2C[C@@H]3CN(c4cnc5ccccc5n4)[C@H]3C2)c(-c2ccccc2F)s1. The standard InChI is InChI=1S/C24H20FN5OS/c1-14-27-22(23(32-14)16-6-2-3-7-17(16)25)24(31)29-11-15-12-30(20(15)13-29)21-10-26-18-8-4-5-9-19(18)28-21/h2-10,15,20H,11-13H2,1H3/t15-,20+/m1/s1. The molecule has 2 aliphatic heterocycles. The first-order valence-corrected chi connectivity index (χ1v) is 11.4. The van der Waals surface area contributed by atoms with Gasteiger partial charge in [0.25, 0.3) is 5.91 Å². The Morgan fingerprint density at radius 1 is 1.03 bits per heavy atom. The van der Waals surface area contributed by atoms with Crippen molar-refractivity contribution in [2.75, 3.05) is 24.5 Å². The maximum Gasteiger partial charge on any atom is 0.274 e. The van der Waals surface area contributed by atoms with Crippen molar-refractivity contribution in [3.63, 3.8) is 0 Å². The van der Waals surface area contributed by atoms with Crippen LogP contribution in [-0.4, -0.2) is 51.4 Å². The van der Waals surface area contributed by atoms with Crippen LogP contribution < -0.4 is 4.90 Å². The lowest BCUT2D eigenvalue weighted by atomic mass is 9.92. The van der Waals surface area contributed by atoms with Crippen molar-refractivity contribution in [2.24, 2.45) is 5.92 Å². The third-order valence-electron chi connectivity index (χ3n) is 6.31. The van der Waals surface area contributed by atoms with Gasteiger partial charge in [-0.25, -0.2) is 14.4 Å². The molecule has 0 saturated carbocycles. The zero-order chi connectivity index (χ0) is 21.8. The second-order valence-electron chi connectivity index (χ2n) is 8.30. The van der Waals surface area contributed by atoms with Gasteiger partial charge in [0.15, 0.2) is 0 Å². The lowest BCUT2D eigenvalue weighted by Gasteiger charge is -2.44. The van der Waals surface area contributed by atoms with Crippen LogP contribution >= 0.6 is 11.3 Å². The number of aryl methyl sites for hydroxylation is 1. The number of thiazole rings is 1. The molecule has 160 valence electrons. The molecule has 0 radical (unpaired) electrons. The summed E-state index contributed by atoms with van der Waals surface area (Å²) in [4.78, 5) is 31.8. The summed E-state index contributed by atoms with van der Waals surface area (Å²) in [6.45, 7) is 3.97. The molecule has 2 aromatic carbocycles. The quantitative estimate of drug-likeness (QED) is 0.474. The predicted octanol–water partition coefficient (Wildman–Crippen LogP) is 4.16. The van der Waals surface area contributed by atoms with Crippen LogP contribution in [0.15, 0.2) is 54.7 Å². The van der Waals surface area contributed by atoms with Crippen LogP contribution in [0.5, 0.6) is 0 Å². The van der Waals surface area contributed by atoms with Crippen LogP contribution in [0, 0.1) is 18.7 Å². The van der Waals surface area contributed by atoms with E-state index in [4.69, 9.17) is 4.98 Å². The fourth-order valence-corrected chi connectivity index (χ4v) is 5.64. The monoisotopic (exact) mass is 445 g/mol. The molecule has 6 nitrogen and oxygen atoms in total. The minimum absolute atomic E-state index is 0.133. The van der Waals surface area contributed by atoms with Gasteiger partial charge >= 0.3 is 0 Å². The average Bonchev–Trinajstić information content (AvgIpc) is 3.34. The average molecular weight is 446 g/mol. The molecule has 0 unspecified atom stereocenters. The number of carbonyl (C=O) groups is 1. The van der Waals surface area contributed by atoms with E-state index < -0.39 is 0 Å². The summed E-state index contributed by atoms with van der Waals surface area (Å²) in [5, 5.41) is 0.752. The Kier molecular flexibility index (Phi) is 4.43. The summed E-state index contributed by atoms with van der Waals surface area (Å²) in [5.74, 6) is 0.763. The third kappa shape index (κ3) is 3.05. The summed E-state index contributed by atoms with van der Waals surface area (Å²) < 4.78 is 14.4. The van der Waals surface area contributed by atoms with Gasteiger partial charge in [0.05, 0.1) is 33.2 Å². The molecule has 0 bridgehead atoms. The fourth-order valence-electron chi connectivity index (χ4n) is 4.70. The van der Waals surface area contributed by atoms with Crippen LogP contribution in [0.2, 0.25) is 0 Å². The highest BCUT2D eigenvalue weighted by molar-refractivity contribution is 7.15. The molecule has 32 heavy (non-hydrogen) atoms. The van der Waals surface area contributed by atoms with E-state index in [0.717, 1.165) is 28.4 Å². The molecule has 0 aliphatic carbocycles. The fraction of sp³-hybridized carbons (Fsp3) is 0.250. The van der Waals surface area contributed by atoms with Crippen molar-refractivity contribution < 1.29 is 9.18 Å². The molecule has 0 N–H and O–H groups in total. The van der Waals surface area contributed by atoms with E-state index in [9.17, 15) is 9.18 Å². The first-order chi connectivity index (χ1) is 15.6. The highest BCUT2D eigenvalue weighted by Gasteiger charge is 2.48. The molecular formula is C24H20FN5OS. The Balaban J connectivity index is 1.25. The number of carbonyl (C=O) groups excluding carboxylic acids is 1. The second kappa shape index (κ2) is 7.34. The number of fused-ring (bicyclic) bond motifs is 2. The first-order valence-electron chi connectivity index (χ1n) is 10.6. The maximum absolute atomic E-state index is 14.4. The number of aromatic nitrogens is 3. The molecule has 2 atom stereocenters. The predicted molar refractivity (Wildman–Crippen MR) is 122 cm³/mol. The van der Waals surface area contributed by atoms with E-state index in [1.807, 2.05) is 42.3 Å². The number of para-hydroxylation sites is 2. The second-order valence-corrected chi connectivity index (χ2v) is 9.50. The van der Waals surface area contributed by atoms with Crippen LogP contribution in [0.3, 0.4) is 0 Å². The Bertz CT molecular complexity index is 1360. The number of likely N-dealkylation sites (tertiary alicyclic amines) is 1. The van der Waals surface area contributed by atoms with Gasteiger partial charge in [0.2, 0.25) is 0 Å². The number of nitrogens with zero attached hydrogens (tertiary/aromatic N) is 5. The van der Waals surface area contributed by atoms with Crippen molar-refractivity contribution in [3.8, 4) is 10.4 Å². The van der Waals surface area contributed by atoms with Crippen LogP contribution in [-0.2, 0) is 0 Å². The molecule has 2 fully saturated rings. The van der Waals surface area contributed by atoms with Crippen LogP contribution in [0.4, 0.5) is 10.2 Å². The third-order valence-corrected chi connectivity index (χ3v) is 7.31. The van der Waals surface area contributed by atoms with Gasteiger partial charge in [-0.1, -0.05) is 30.3 Å². The number of benzene rings is 2. The van der Waals surface area contributed by atoms with Crippen molar-refractivity contribution in [1.29, 1.82) is 0 Å². The van der Waals surface area contributed by atoms with Crippen molar-refractivity contribution in [1.82, 2.24) is 19.9 Å². The lowest BCUT2D eigenvalue weighted by Crippen LogP contribution is -2.56. The summed E-state index contributed by atoms with van der Waals surface area (Å²) >= 11 is 1.36. The summed E-state index contributed by atoms with van der Waals surface area (Å²) in [5.41, 5.74) is 2.51. The number of hydrogen-bond donors (Lipinski definition) is 0. The number of amides is 1. The Labute approximate surface area is 188 Å². The summed E-state index contributed by atoms with van der Waals surface area (Å²) in [7, 11) is 0. The Hall–Kier alpha value is -3.39. The summed E-state index contributed by atoms with van der Waals surface area (Å²) in [6, 6.07) is 14.6. The molecule has 2 saturated heterocycles. The van der Waals surface area contributed by atoms with Gasteiger partial charge in [-0.2, -0.15) is 0 Å². The molecule has 2 aliphatic rings. The largest absolute Gasteiger partial charge is 0.350 e. The number of halogens is 1. The smallest absolute Gasteiger partial charge is 0.274 e. The minimum Gasteiger partial charge on any atom is -0.350 e. The van der Waals surface area contributed by atoms with E-state index in [-0.39, 0.29) is 17.8 Å². The molecule has 4 heterocycles. The lowest BCUT2D eigenvalue weighted by molar-refractivity contribution is 0.0785. The van der Waals surface area contributed by atoms with Crippen LogP contribution in [0.1, 0.15) is 15.5 Å². The van der Waals surface area contributed by atoms with E-state index in [1.165, 1.54) is 17.4 Å². The molecule has 2 aromatic heterocycles. The van der Waals surface area contributed by atoms with E-state index >= 15 is 0 Å². The van der Waals surface area contributed by atoms with Crippen LogP contribution in [0.25, 0.3) is 21.5 Å². The molecule has 0 spiro atoms. The van der Waals surface area contributed by atoms with Gasteiger partial charge in [-0.05, 0) is 25.1 Å². The van der Waals surface area contributed by atoms with E-state index in [1.54, 1.807) is 18.2 Å². The molecule has 6 rings (SSSR count). The highest BCUT2D eigenvalue weighted by Crippen LogP contribution is 2.38. The topological polar surface area (TPSA) is 62.2 Å². The zero-order valence-corrected chi connectivity index (χ0v) is 18.2. The number of anilines is 1. The van der Waals surface area contributed by atoms with Crippen molar-refractivity contribution in [2.45, 2.75) is 13.0 Å². The van der Waals surface area contributed by atoms with Gasteiger partial charge < -0.3 is 9.80 Å². The maximum atomic E-state index is 14.4. The summed E-state index contributed by atoms with van der Waals surface area (Å²) in [6.07, 6.45) is 1.81. The molecule has 8 heteroatoms. The Morgan fingerprint density at radius 3 is 2.66 bits per heavy atom. The Morgan fingerprint density at radius 2 is 1.81 bits per heavy atom. The zero-order valence-electron chi connectivity index (χ0n) is 17.4. The minimum atomic E-state index is -0.340. The number of hydrogen-bond acceptors (Lipinski definition) is 6. The van der Waals surface area contributed by atoms with Gasteiger partial charge in [-0.15, -0.1) is 11.3 Å². The highest BCUT2D eigenvalue weighted by atomic mass is 32.1. The number of rotatable bonds is 3. The molecule has 4 aromatic rings. The first kappa shape index (κ1) is 19.3. The van der Waals surface area contributed by atoms with Gasteiger partial charge in [-0.3, -0.25) is 9.78 Å². The van der Waals surface area contributed by atoms with E-state index in [0.29, 0.717) is 35.1 Å². The normalized spacial score (nSPS) is 19.8. The molecular weight excluding hydrogens is 425 g/mol. The van der Waals surface area contributed by atoms with Crippen molar-refractivity contribution >= 4 is 34.1 Å². The van der Waals surface area contributed by atoms with Gasteiger partial charge in [0.1, 0.15) is 17.3 Å². The molecule has 1 amide bonds. The van der Waals surface area contributed by atoms with E-state index in [2.05, 4.69) is 14.9 Å². The van der Waals surface area contributed by atoms with Gasteiger partial charge in [0, 0.05) is 31.1 Å². The van der Waals surface area contributed by atoms with Crippen molar-refractivity contribution in [3.05, 3.63) is 71.2 Å².